The van der Waals surface area contributed by atoms with Gasteiger partial charge in [-0.25, -0.2) is 4.79 Å². The maximum Gasteiger partial charge on any atom is 0.341 e. The first-order valence-corrected chi connectivity index (χ1v) is 8.63. The summed E-state index contributed by atoms with van der Waals surface area (Å²) in [5, 5.41) is 12.0. The van der Waals surface area contributed by atoms with E-state index in [0.717, 1.165) is 5.56 Å². The van der Waals surface area contributed by atoms with Gasteiger partial charge in [-0.1, -0.05) is 29.8 Å². The predicted molar refractivity (Wildman–Crippen MR) is 95.8 cm³/mol. The summed E-state index contributed by atoms with van der Waals surface area (Å²) in [4.78, 5) is 22.3. The topological polar surface area (TPSA) is 75.6 Å². The number of rotatable bonds is 8. The zero-order valence-corrected chi connectivity index (χ0v) is 14.3. The fourth-order valence-corrected chi connectivity index (χ4v) is 2.96. The van der Waals surface area contributed by atoms with E-state index in [2.05, 4.69) is 5.32 Å². The molecule has 0 unspecified atom stereocenters. The SMILES string of the molecule is O=C(O)COc1ccc(NC(=O)CSCc2ccccc2Cl)cc1. The normalized spacial score (nSPS) is 10.2. The average molecular weight is 366 g/mol. The number of hydrogen-bond acceptors (Lipinski definition) is 4. The van der Waals surface area contributed by atoms with Crippen LogP contribution in [0.15, 0.2) is 48.5 Å². The third kappa shape index (κ3) is 6.14. The summed E-state index contributed by atoms with van der Waals surface area (Å²) < 4.78 is 5.02. The minimum Gasteiger partial charge on any atom is -0.482 e. The highest BCUT2D eigenvalue weighted by Crippen LogP contribution is 2.21. The van der Waals surface area contributed by atoms with Crippen LogP contribution in [0.5, 0.6) is 5.75 Å². The molecule has 1 amide bonds. The summed E-state index contributed by atoms with van der Waals surface area (Å²) in [6.45, 7) is -0.398. The number of amides is 1. The Labute approximate surface area is 149 Å². The maximum absolute atomic E-state index is 11.9. The smallest absolute Gasteiger partial charge is 0.341 e. The number of carboxylic acids is 1. The Morgan fingerprint density at radius 2 is 1.83 bits per heavy atom. The van der Waals surface area contributed by atoms with Crippen LogP contribution < -0.4 is 10.1 Å². The molecule has 5 nitrogen and oxygen atoms in total. The van der Waals surface area contributed by atoms with Gasteiger partial charge in [0.25, 0.3) is 0 Å². The molecule has 0 atom stereocenters. The van der Waals surface area contributed by atoms with Crippen LogP contribution in [0.1, 0.15) is 5.56 Å². The molecule has 0 aliphatic carbocycles. The minimum absolute atomic E-state index is 0.119. The van der Waals surface area contributed by atoms with Gasteiger partial charge in [0.15, 0.2) is 6.61 Å². The number of ether oxygens (including phenoxy) is 1. The molecule has 24 heavy (non-hydrogen) atoms. The van der Waals surface area contributed by atoms with Gasteiger partial charge >= 0.3 is 5.97 Å². The van der Waals surface area contributed by atoms with E-state index in [9.17, 15) is 9.59 Å². The molecular formula is C17H16ClNO4S. The number of carbonyl (C=O) groups excluding carboxylic acids is 1. The van der Waals surface area contributed by atoms with Crippen molar-refractivity contribution >= 4 is 40.9 Å². The number of halogens is 1. The zero-order chi connectivity index (χ0) is 17.4. The predicted octanol–water partition coefficient (Wildman–Crippen LogP) is 3.68. The van der Waals surface area contributed by atoms with Crippen LogP contribution in [0.2, 0.25) is 5.02 Å². The molecule has 2 aromatic rings. The number of hydrogen-bond donors (Lipinski definition) is 2. The molecule has 0 aromatic heterocycles. The minimum atomic E-state index is -1.04. The molecule has 0 aliphatic heterocycles. The summed E-state index contributed by atoms with van der Waals surface area (Å²) >= 11 is 7.54. The molecule has 7 heteroatoms. The molecule has 2 N–H and O–H groups in total. The Morgan fingerprint density at radius 1 is 1.12 bits per heavy atom. The molecule has 2 rings (SSSR count). The van der Waals surface area contributed by atoms with E-state index in [1.807, 2.05) is 24.3 Å². The summed E-state index contributed by atoms with van der Waals surface area (Å²) in [7, 11) is 0. The van der Waals surface area contributed by atoms with Gasteiger partial charge in [0.2, 0.25) is 5.91 Å². The van der Waals surface area contributed by atoms with Gasteiger partial charge in [-0.3, -0.25) is 4.79 Å². The van der Waals surface area contributed by atoms with E-state index in [4.69, 9.17) is 21.4 Å². The van der Waals surface area contributed by atoms with E-state index >= 15 is 0 Å². The molecule has 0 aliphatic rings. The quantitative estimate of drug-likeness (QED) is 0.746. The monoisotopic (exact) mass is 365 g/mol. The highest BCUT2D eigenvalue weighted by atomic mass is 35.5. The third-order valence-corrected chi connectivity index (χ3v) is 4.30. The van der Waals surface area contributed by atoms with Crippen molar-refractivity contribution in [3.8, 4) is 5.75 Å². The number of nitrogens with one attached hydrogen (secondary N) is 1. The van der Waals surface area contributed by atoms with Crippen molar-refractivity contribution in [3.63, 3.8) is 0 Å². The largest absolute Gasteiger partial charge is 0.482 e. The van der Waals surface area contributed by atoms with Crippen LogP contribution in [-0.4, -0.2) is 29.3 Å². The molecular weight excluding hydrogens is 350 g/mol. The first kappa shape index (κ1) is 18.2. The van der Waals surface area contributed by atoms with E-state index < -0.39 is 12.6 Å². The lowest BCUT2D eigenvalue weighted by atomic mass is 10.2. The highest BCUT2D eigenvalue weighted by molar-refractivity contribution is 7.99. The number of anilines is 1. The van der Waals surface area contributed by atoms with Crippen LogP contribution in [0.25, 0.3) is 0 Å². The zero-order valence-electron chi connectivity index (χ0n) is 12.7. The standard InChI is InChI=1S/C17H16ClNO4S/c18-15-4-2-1-3-12(15)10-24-11-16(20)19-13-5-7-14(8-6-13)23-9-17(21)22/h1-8H,9-11H2,(H,19,20)(H,21,22). The van der Waals surface area contributed by atoms with Crippen LogP contribution in [-0.2, 0) is 15.3 Å². The number of thioether (sulfide) groups is 1. The van der Waals surface area contributed by atoms with Crippen LogP contribution >= 0.6 is 23.4 Å². The van der Waals surface area contributed by atoms with Crippen molar-refractivity contribution in [2.45, 2.75) is 5.75 Å². The fourth-order valence-electron chi connectivity index (χ4n) is 1.85. The summed E-state index contributed by atoms with van der Waals surface area (Å²) in [6, 6.07) is 14.1. The first-order chi connectivity index (χ1) is 11.5. The second kappa shape index (κ2) is 9.20. The second-order valence-electron chi connectivity index (χ2n) is 4.84. The van der Waals surface area contributed by atoms with Gasteiger partial charge in [-0.15, -0.1) is 11.8 Å². The lowest BCUT2D eigenvalue weighted by Crippen LogP contribution is -2.14. The molecule has 0 saturated heterocycles. The van der Waals surface area contributed by atoms with Crippen molar-refractivity contribution in [2.24, 2.45) is 0 Å². The Balaban J connectivity index is 1.76. The van der Waals surface area contributed by atoms with E-state index in [0.29, 0.717) is 28.0 Å². The fraction of sp³-hybridized carbons (Fsp3) is 0.176. The van der Waals surface area contributed by atoms with Gasteiger partial charge in [-0.2, -0.15) is 0 Å². The van der Waals surface area contributed by atoms with Crippen molar-refractivity contribution in [2.75, 3.05) is 17.7 Å². The maximum atomic E-state index is 11.9. The van der Waals surface area contributed by atoms with Crippen molar-refractivity contribution < 1.29 is 19.4 Å². The molecule has 0 radical (unpaired) electrons. The number of carboxylic acid groups (broad SMARTS) is 1. The van der Waals surface area contributed by atoms with Crippen LogP contribution in [0, 0.1) is 0 Å². The summed E-state index contributed by atoms with van der Waals surface area (Å²) in [6.07, 6.45) is 0. The third-order valence-electron chi connectivity index (χ3n) is 2.95. The Kier molecular flexibility index (Phi) is 6.96. The highest BCUT2D eigenvalue weighted by Gasteiger charge is 2.05. The number of benzene rings is 2. The van der Waals surface area contributed by atoms with Gasteiger partial charge < -0.3 is 15.2 Å². The summed E-state index contributed by atoms with van der Waals surface area (Å²) in [5.41, 5.74) is 1.62. The van der Waals surface area contributed by atoms with Gasteiger partial charge in [0.05, 0.1) is 5.75 Å². The van der Waals surface area contributed by atoms with Crippen molar-refractivity contribution in [1.29, 1.82) is 0 Å². The lowest BCUT2D eigenvalue weighted by molar-refractivity contribution is -0.139. The number of carbonyl (C=O) groups is 2. The molecule has 126 valence electrons. The molecule has 0 saturated carbocycles. The Bertz CT molecular complexity index is 706. The van der Waals surface area contributed by atoms with Gasteiger partial charge in [0.1, 0.15) is 5.75 Å². The second-order valence-corrected chi connectivity index (χ2v) is 6.23. The van der Waals surface area contributed by atoms with Crippen molar-refractivity contribution in [3.05, 3.63) is 59.1 Å². The first-order valence-electron chi connectivity index (χ1n) is 7.10. The van der Waals surface area contributed by atoms with E-state index in [1.54, 1.807) is 24.3 Å². The number of aliphatic carboxylic acids is 1. The molecule has 0 spiro atoms. The Hall–Kier alpha value is -2.18. The average Bonchev–Trinajstić information content (AvgIpc) is 2.56. The van der Waals surface area contributed by atoms with E-state index in [-0.39, 0.29) is 5.91 Å². The Morgan fingerprint density at radius 3 is 2.50 bits per heavy atom. The van der Waals surface area contributed by atoms with E-state index in [1.165, 1.54) is 11.8 Å². The van der Waals surface area contributed by atoms with Crippen molar-refractivity contribution in [1.82, 2.24) is 0 Å². The molecule has 0 bridgehead atoms. The lowest BCUT2D eigenvalue weighted by Gasteiger charge is -2.07. The molecule has 2 aromatic carbocycles. The van der Waals surface area contributed by atoms with Crippen LogP contribution in [0.4, 0.5) is 5.69 Å². The summed E-state index contributed by atoms with van der Waals surface area (Å²) in [5.74, 6) is 0.245. The van der Waals surface area contributed by atoms with Gasteiger partial charge in [0, 0.05) is 16.5 Å². The van der Waals surface area contributed by atoms with Gasteiger partial charge in [-0.05, 0) is 35.9 Å². The molecule has 0 heterocycles. The van der Waals surface area contributed by atoms with Crippen LogP contribution in [0.3, 0.4) is 0 Å². The molecule has 0 fully saturated rings.